The highest BCUT2D eigenvalue weighted by molar-refractivity contribution is 7.99. The molecule has 3 rings (SSSR count). The molecule has 0 aliphatic carbocycles. The number of aromatic nitrogens is 2. The van der Waals surface area contributed by atoms with E-state index in [1.165, 1.54) is 22.0 Å². The summed E-state index contributed by atoms with van der Waals surface area (Å²) in [6.07, 6.45) is 2.41. The van der Waals surface area contributed by atoms with Gasteiger partial charge in [-0.05, 0) is 38.3 Å². The van der Waals surface area contributed by atoms with E-state index in [4.69, 9.17) is 0 Å². The summed E-state index contributed by atoms with van der Waals surface area (Å²) < 4.78 is 1.42. The van der Waals surface area contributed by atoms with Crippen molar-refractivity contribution in [1.82, 2.24) is 14.5 Å². The molecule has 5 nitrogen and oxygen atoms in total. The molecule has 0 N–H and O–H groups in total. The van der Waals surface area contributed by atoms with Gasteiger partial charge in [-0.2, -0.15) is 11.8 Å². The van der Waals surface area contributed by atoms with Gasteiger partial charge in [-0.3, -0.25) is 14.2 Å². The monoisotopic (exact) mass is 371 g/mol. The van der Waals surface area contributed by atoms with E-state index in [0.29, 0.717) is 16.5 Å². The maximum absolute atomic E-state index is 12.7. The fourth-order valence-corrected chi connectivity index (χ4v) is 4.58. The highest BCUT2D eigenvalue weighted by Gasteiger charge is 2.23. The lowest BCUT2D eigenvalue weighted by Gasteiger charge is -2.21. The van der Waals surface area contributed by atoms with Crippen molar-refractivity contribution >= 4 is 17.7 Å². The topological polar surface area (TPSA) is 55.2 Å². The third-order valence-corrected chi connectivity index (χ3v) is 6.36. The van der Waals surface area contributed by atoms with E-state index in [1.807, 2.05) is 16.7 Å². The molecule has 1 aromatic heterocycles. The molecule has 0 radical (unpaired) electrons. The number of aryl methyl sites for hydroxylation is 2. The zero-order valence-corrected chi connectivity index (χ0v) is 16.4. The average molecular weight is 372 g/mol. The second-order valence-corrected chi connectivity index (χ2v) is 8.08. The Morgan fingerprint density at radius 1 is 1.23 bits per heavy atom. The summed E-state index contributed by atoms with van der Waals surface area (Å²) in [6.45, 7) is 7.20. The van der Waals surface area contributed by atoms with Gasteiger partial charge in [0.05, 0.1) is 6.33 Å². The van der Waals surface area contributed by atoms with Crippen molar-refractivity contribution in [1.29, 1.82) is 0 Å². The summed E-state index contributed by atoms with van der Waals surface area (Å²) in [7, 11) is 0. The van der Waals surface area contributed by atoms with E-state index < -0.39 is 0 Å². The average Bonchev–Trinajstić information content (AvgIpc) is 2.89. The molecule has 1 atom stereocenters. The summed E-state index contributed by atoms with van der Waals surface area (Å²) >= 11 is 1.91. The van der Waals surface area contributed by atoms with E-state index in [0.717, 1.165) is 25.3 Å². The summed E-state index contributed by atoms with van der Waals surface area (Å²) in [4.78, 5) is 31.1. The molecule has 0 bridgehead atoms. The van der Waals surface area contributed by atoms with Crippen molar-refractivity contribution in [3.05, 3.63) is 63.3 Å². The molecule has 1 aliphatic heterocycles. The van der Waals surface area contributed by atoms with Gasteiger partial charge in [0.15, 0.2) is 0 Å². The second kappa shape index (κ2) is 8.08. The van der Waals surface area contributed by atoms with E-state index >= 15 is 0 Å². The number of thioether (sulfide) groups is 1. The molecule has 1 aromatic carbocycles. The van der Waals surface area contributed by atoms with Gasteiger partial charge in [0.2, 0.25) is 5.91 Å². The van der Waals surface area contributed by atoms with Gasteiger partial charge < -0.3 is 4.90 Å². The third kappa shape index (κ3) is 4.01. The SMILES string of the molecule is Cc1ccccc1[C@@H]1CCN(C(=O)Cn2cnc(C)c(C)c2=O)CCS1. The van der Waals surface area contributed by atoms with E-state index in [2.05, 4.69) is 36.2 Å². The molecule has 0 saturated carbocycles. The number of rotatable bonds is 3. The van der Waals surface area contributed by atoms with E-state index in [9.17, 15) is 9.59 Å². The van der Waals surface area contributed by atoms with Crippen molar-refractivity contribution in [2.75, 3.05) is 18.8 Å². The molecule has 1 amide bonds. The van der Waals surface area contributed by atoms with Gasteiger partial charge in [0, 0.05) is 35.3 Å². The molecule has 1 fully saturated rings. The predicted molar refractivity (Wildman–Crippen MR) is 106 cm³/mol. The number of nitrogens with zero attached hydrogens (tertiary/aromatic N) is 3. The Kier molecular flexibility index (Phi) is 5.81. The van der Waals surface area contributed by atoms with Crippen LogP contribution in [0.4, 0.5) is 0 Å². The van der Waals surface area contributed by atoms with Gasteiger partial charge in [0.25, 0.3) is 5.56 Å². The molecule has 2 heterocycles. The van der Waals surface area contributed by atoms with Gasteiger partial charge >= 0.3 is 0 Å². The van der Waals surface area contributed by atoms with Gasteiger partial charge in [-0.25, -0.2) is 4.98 Å². The summed E-state index contributed by atoms with van der Waals surface area (Å²) in [5.41, 5.74) is 3.85. The molecule has 138 valence electrons. The molecule has 6 heteroatoms. The lowest BCUT2D eigenvalue weighted by Crippen LogP contribution is -2.38. The number of benzene rings is 1. The van der Waals surface area contributed by atoms with Crippen LogP contribution in [-0.4, -0.2) is 39.2 Å². The second-order valence-electron chi connectivity index (χ2n) is 6.77. The predicted octanol–water partition coefficient (Wildman–Crippen LogP) is 2.88. The minimum Gasteiger partial charge on any atom is -0.340 e. The van der Waals surface area contributed by atoms with Crippen molar-refractivity contribution in [2.24, 2.45) is 0 Å². The van der Waals surface area contributed by atoms with Crippen molar-refractivity contribution in [3.8, 4) is 0 Å². The third-order valence-electron chi connectivity index (χ3n) is 5.05. The zero-order chi connectivity index (χ0) is 18.7. The quantitative estimate of drug-likeness (QED) is 0.832. The van der Waals surface area contributed by atoms with Gasteiger partial charge in [0.1, 0.15) is 6.54 Å². The van der Waals surface area contributed by atoms with Gasteiger partial charge in [-0.1, -0.05) is 24.3 Å². The fraction of sp³-hybridized carbons (Fsp3) is 0.450. The smallest absolute Gasteiger partial charge is 0.256 e. The summed E-state index contributed by atoms with van der Waals surface area (Å²) in [6, 6.07) is 8.47. The molecule has 0 unspecified atom stereocenters. The molecule has 1 aliphatic rings. The molecular formula is C20H25N3O2S. The largest absolute Gasteiger partial charge is 0.340 e. The van der Waals surface area contributed by atoms with Gasteiger partial charge in [-0.15, -0.1) is 0 Å². The maximum Gasteiger partial charge on any atom is 0.256 e. The van der Waals surface area contributed by atoms with E-state index in [-0.39, 0.29) is 18.0 Å². The Labute approximate surface area is 158 Å². The summed E-state index contributed by atoms with van der Waals surface area (Å²) in [5, 5.41) is 0.417. The van der Waals surface area contributed by atoms with Crippen molar-refractivity contribution in [3.63, 3.8) is 0 Å². The van der Waals surface area contributed by atoms with Crippen molar-refractivity contribution < 1.29 is 4.79 Å². The van der Waals surface area contributed by atoms with Crippen LogP contribution in [0.25, 0.3) is 0 Å². The number of carbonyl (C=O) groups excluding carboxylic acids is 1. The lowest BCUT2D eigenvalue weighted by atomic mass is 10.0. The zero-order valence-electron chi connectivity index (χ0n) is 15.6. The summed E-state index contributed by atoms with van der Waals surface area (Å²) in [5.74, 6) is 0.897. The first-order valence-corrected chi connectivity index (χ1v) is 10.00. The van der Waals surface area contributed by atoms with Crippen molar-refractivity contribution in [2.45, 2.75) is 39.0 Å². The minimum atomic E-state index is -0.132. The van der Waals surface area contributed by atoms with Crippen LogP contribution in [0.1, 0.15) is 34.1 Å². The fourth-order valence-electron chi connectivity index (χ4n) is 3.25. The first-order chi connectivity index (χ1) is 12.5. The maximum atomic E-state index is 12.7. The standard InChI is InChI=1S/C20H25N3O2S/c1-14-6-4-5-7-17(14)18-8-9-22(10-11-26-18)19(24)12-23-13-21-16(3)15(2)20(23)25/h4-7,13,18H,8-12H2,1-3H3/t18-/m0/s1. The Bertz CT molecular complexity index is 862. The number of carbonyl (C=O) groups is 1. The highest BCUT2D eigenvalue weighted by atomic mass is 32.2. The number of hydrogen-bond donors (Lipinski definition) is 0. The normalized spacial score (nSPS) is 17.8. The van der Waals surface area contributed by atoms with Crippen LogP contribution in [0.3, 0.4) is 0 Å². The highest BCUT2D eigenvalue weighted by Crippen LogP contribution is 2.35. The van der Waals surface area contributed by atoms with Crippen LogP contribution in [0, 0.1) is 20.8 Å². The molecular weight excluding hydrogens is 346 g/mol. The van der Waals surface area contributed by atoms with Crippen LogP contribution in [0.2, 0.25) is 0 Å². The van der Waals surface area contributed by atoms with Crippen LogP contribution in [0.15, 0.2) is 35.4 Å². The number of hydrogen-bond acceptors (Lipinski definition) is 4. The molecule has 26 heavy (non-hydrogen) atoms. The first-order valence-electron chi connectivity index (χ1n) is 8.95. The first kappa shape index (κ1) is 18.7. The van der Waals surface area contributed by atoms with Crippen LogP contribution >= 0.6 is 11.8 Å². The Morgan fingerprint density at radius 3 is 2.77 bits per heavy atom. The number of amides is 1. The van der Waals surface area contributed by atoms with E-state index in [1.54, 1.807) is 13.8 Å². The Morgan fingerprint density at radius 2 is 2.00 bits per heavy atom. The molecule has 0 spiro atoms. The Hall–Kier alpha value is -2.08. The lowest BCUT2D eigenvalue weighted by molar-refractivity contribution is -0.131. The minimum absolute atomic E-state index is 0.0109. The van der Waals surface area contributed by atoms with Crippen LogP contribution in [-0.2, 0) is 11.3 Å². The molecule has 1 saturated heterocycles. The van der Waals surface area contributed by atoms with Crippen LogP contribution < -0.4 is 5.56 Å². The van der Waals surface area contributed by atoms with Crippen LogP contribution in [0.5, 0.6) is 0 Å². The molecule has 2 aromatic rings. The Balaban J connectivity index is 1.68.